The molecule has 0 aliphatic carbocycles. The van der Waals surface area contributed by atoms with Crippen molar-refractivity contribution in [1.29, 1.82) is 0 Å². The second kappa shape index (κ2) is 8.53. The fourth-order valence-electron chi connectivity index (χ4n) is 3.68. The van der Waals surface area contributed by atoms with Crippen molar-refractivity contribution in [2.24, 2.45) is 0 Å². The van der Waals surface area contributed by atoms with Gasteiger partial charge in [-0.15, -0.1) is 0 Å². The minimum absolute atomic E-state index is 0.0633. The lowest BCUT2D eigenvalue weighted by Crippen LogP contribution is -3.19. The van der Waals surface area contributed by atoms with Gasteiger partial charge < -0.3 is 15.1 Å². The highest BCUT2D eigenvalue weighted by Crippen LogP contribution is 2.23. The van der Waals surface area contributed by atoms with Gasteiger partial charge in [0.25, 0.3) is 5.91 Å². The molecule has 0 aromatic heterocycles. The third kappa shape index (κ3) is 4.66. The summed E-state index contributed by atoms with van der Waals surface area (Å²) in [6, 6.07) is 14.5. The molecule has 1 aliphatic rings. The minimum atomic E-state index is -0.213. The van der Waals surface area contributed by atoms with Crippen LogP contribution in [-0.2, 0) is 4.79 Å². The lowest BCUT2D eigenvalue weighted by Gasteiger charge is -2.36. The maximum absolute atomic E-state index is 13.1. The van der Waals surface area contributed by atoms with Crippen LogP contribution in [0.5, 0.6) is 0 Å². The van der Waals surface area contributed by atoms with Gasteiger partial charge in [0, 0.05) is 11.4 Å². The van der Waals surface area contributed by atoms with E-state index in [1.54, 1.807) is 0 Å². The Kier molecular flexibility index (Phi) is 6.11. The van der Waals surface area contributed by atoms with Crippen molar-refractivity contribution in [3.05, 3.63) is 59.9 Å². The van der Waals surface area contributed by atoms with Gasteiger partial charge in [-0.3, -0.25) is 4.79 Å². The first kappa shape index (κ1) is 19.4. The van der Waals surface area contributed by atoms with Crippen LogP contribution in [0.3, 0.4) is 0 Å². The van der Waals surface area contributed by atoms with E-state index in [1.165, 1.54) is 17.0 Å². The van der Waals surface area contributed by atoms with E-state index in [2.05, 4.69) is 30.1 Å². The molecular formula is C22H29FN3O+. The highest BCUT2D eigenvalue weighted by molar-refractivity contribution is 5.94. The number of piperazine rings is 1. The molecule has 2 aromatic carbocycles. The van der Waals surface area contributed by atoms with Crippen molar-refractivity contribution >= 4 is 17.3 Å². The van der Waals surface area contributed by atoms with Gasteiger partial charge in [0.05, 0.1) is 26.2 Å². The Morgan fingerprint density at radius 3 is 2.30 bits per heavy atom. The number of hydrogen-bond acceptors (Lipinski definition) is 2. The molecule has 1 heterocycles. The number of nitrogens with one attached hydrogen (secondary N) is 2. The Morgan fingerprint density at radius 1 is 1.04 bits per heavy atom. The summed E-state index contributed by atoms with van der Waals surface area (Å²) in [5.41, 5.74) is 3.11. The summed E-state index contributed by atoms with van der Waals surface area (Å²) in [7, 11) is 0. The number of carbonyl (C=O) groups is 1. The average Bonchev–Trinajstić information content (AvgIpc) is 2.68. The maximum Gasteiger partial charge on any atom is 0.282 e. The molecule has 0 bridgehead atoms. The molecule has 0 radical (unpaired) electrons. The molecule has 1 amide bonds. The summed E-state index contributed by atoms with van der Waals surface area (Å²) < 4.78 is 13.1. The Hall–Kier alpha value is -2.40. The van der Waals surface area contributed by atoms with Gasteiger partial charge in [0.2, 0.25) is 0 Å². The van der Waals surface area contributed by atoms with Crippen LogP contribution in [0.25, 0.3) is 0 Å². The summed E-state index contributed by atoms with van der Waals surface area (Å²) >= 11 is 0. The number of halogens is 1. The van der Waals surface area contributed by atoms with Crippen LogP contribution in [0.15, 0.2) is 48.5 Å². The van der Waals surface area contributed by atoms with Gasteiger partial charge in [0.1, 0.15) is 5.82 Å². The molecule has 0 unspecified atom stereocenters. The monoisotopic (exact) mass is 370 g/mol. The molecule has 1 atom stereocenters. The summed E-state index contributed by atoms with van der Waals surface area (Å²) in [4.78, 5) is 16.3. The zero-order valence-electron chi connectivity index (χ0n) is 16.3. The number of rotatable bonds is 5. The van der Waals surface area contributed by atoms with Crippen LogP contribution in [0, 0.1) is 5.82 Å². The molecule has 144 valence electrons. The summed E-state index contributed by atoms with van der Waals surface area (Å²) in [5, 5.41) is 3.12. The number of hydrogen-bond donors (Lipinski definition) is 2. The predicted molar refractivity (Wildman–Crippen MR) is 108 cm³/mol. The van der Waals surface area contributed by atoms with Crippen molar-refractivity contribution in [3.8, 4) is 0 Å². The lowest BCUT2D eigenvalue weighted by molar-refractivity contribution is -0.914. The molecule has 0 spiro atoms. The summed E-state index contributed by atoms with van der Waals surface area (Å²) in [6.45, 7) is 9.76. The lowest BCUT2D eigenvalue weighted by atomic mass is 10.0. The van der Waals surface area contributed by atoms with Crippen LogP contribution in [0.2, 0.25) is 0 Å². The Balaban J connectivity index is 1.58. The molecule has 5 heteroatoms. The second-order valence-electron chi connectivity index (χ2n) is 7.57. The van der Waals surface area contributed by atoms with E-state index in [0.717, 1.165) is 43.1 Å². The number of benzene rings is 2. The molecule has 1 saturated heterocycles. The van der Waals surface area contributed by atoms with E-state index >= 15 is 0 Å². The highest BCUT2D eigenvalue weighted by atomic mass is 19.1. The highest BCUT2D eigenvalue weighted by Gasteiger charge is 2.29. The fourth-order valence-corrected chi connectivity index (χ4v) is 3.68. The van der Waals surface area contributed by atoms with Gasteiger partial charge >= 0.3 is 0 Å². The number of amides is 1. The van der Waals surface area contributed by atoms with E-state index in [4.69, 9.17) is 0 Å². The van der Waals surface area contributed by atoms with Crippen molar-refractivity contribution in [2.45, 2.75) is 32.7 Å². The van der Waals surface area contributed by atoms with E-state index in [0.29, 0.717) is 5.92 Å². The van der Waals surface area contributed by atoms with E-state index in [1.807, 2.05) is 37.3 Å². The minimum Gasteiger partial charge on any atom is -0.360 e. The number of quaternary nitrogens is 1. The molecular weight excluding hydrogens is 341 g/mol. The van der Waals surface area contributed by atoms with Crippen molar-refractivity contribution in [1.82, 2.24) is 0 Å². The van der Waals surface area contributed by atoms with Crippen LogP contribution in [0.4, 0.5) is 15.8 Å². The number of para-hydroxylation sites is 1. The zero-order valence-corrected chi connectivity index (χ0v) is 16.3. The molecule has 3 rings (SSSR count). The number of anilines is 2. The molecule has 2 N–H and O–H groups in total. The average molecular weight is 370 g/mol. The molecule has 0 saturated carbocycles. The number of carbonyl (C=O) groups excluding carboxylic acids is 1. The zero-order chi connectivity index (χ0) is 19.4. The van der Waals surface area contributed by atoms with Crippen LogP contribution >= 0.6 is 0 Å². The SMILES string of the molecule is CC(C)c1ccccc1NC(=O)[C@@H](C)[NH+]1CCN(c2ccc(F)cc2)CC1. The van der Waals surface area contributed by atoms with E-state index < -0.39 is 0 Å². The normalized spacial score (nSPS) is 16.4. The maximum atomic E-state index is 13.1. The van der Waals surface area contributed by atoms with Crippen molar-refractivity contribution < 1.29 is 14.1 Å². The Bertz CT molecular complexity index is 767. The first-order chi connectivity index (χ1) is 13.0. The largest absolute Gasteiger partial charge is 0.360 e. The first-order valence-electron chi connectivity index (χ1n) is 9.70. The van der Waals surface area contributed by atoms with Crippen molar-refractivity contribution in [3.63, 3.8) is 0 Å². The smallest absolute Gasteiger partial charge is 0.282 e. The standard InChI is InChI=1S/C22H28FN3O/c1-16(2)20-6-4-5-7-21(20)24-22(27)17(3)25-12-14-26(15-13-25)19-10-8-18(23)9-11-19/h4-11,16-17H,12-15H2,1-3H3,(H,24,27)/p+1/t17-/m1/s1. The topological polar surface area (TPSA) is 36.8 Å². The molecule has 4 nitrogen and oxygen atoms in total. The van der Waals surface area contributed by atoms with Crippen LogP contribution < -0.4 is 15.1 Å². The predicted octanol–water partition coefficient (Wildman–Crippen LogP) is 2.68. The van der Waals surface area contributed by atoms with Crippen LogP contribution in [-0.4, -0.2) is 38.1 Å². The molecule has 1 fully saturated rings. The van der Waals surface area contributed by atoms with Crippen molar-refractivity contribution in [2.75, 3.05) is 36.4 Å². The van der Waals surface area contributed by atoms with Gasteiger partial charge in [-0.05, 0) is 48.7 Å². The molecule has 1 aliphatic heterocycles. The van der Waals surface area contributed by atoms with E-state index in [-0.39, 0.29) is 17.8 Å². The van der Waals surface area contributed by atoms with Gasteiger partial charge in [-0.1, -0.05) is 32.0 Å². The van der Waals surface area contributed by atoms with Gasteiger partial charge in [-0.25, -0.2) is 4.39 Å². The quantitative estimate of drug-likeness (QED) is 0.849. The Morgan fingerprint density at radius 2 is 1.67 bits per heavy atom. The van der Waals surface area contributed by atoms with E-state index in [9.17, 15) is 9.18 Å². The Labute approximate surface area is 161 Å². The fraction of sp³-hybridized carbons (Fsp3) is 0.409. The first-order valence-corrected chi connectivity index (χ1v) is 9.70. The third-order valence-corrected chi connectivity index (χ3v) is 5.44. The van der Waals surface area contributed by atoms with Crippen LogP contribution in [0.1, 0.15) is 32.3 Å². The molecule has 27 heavy (non-hydrogen) atoms. The summed E-state index contributed by atoms with van der Waals surface area (Å²) in [6.07, 6.45) is 0. The molecule has 2 aromatic rings. The van der Waals surface area contributed by atoms with Gasteiger partial charge in [0.15, 0.2) is 6.04 Å². The number of nitrogens with zero attached hydrogens (tertiary/aromatic N) is 1. The summed E-state index contributed by atoms with van der Waals surface area (Å²) in [5.74, 6) is 0.215. The van der Waals surface area contributed by atoms with Gasteiger partial charge in [-0.2, -0.15) is 0 Å². The third-order valence-electron chi connectivity index (χ3n) is 5.44. The second-order valence-corrected chi connectivity index (χ2v) is 7.57.